The van der Waals surface area contributed by atoms with E-state index in [9.17, 15) is 26.0 Å². The molecule has 2 aromatic heterocycles. The second kappa shape index (κ2) is 12.2. The van der Waals surface area contributed by atoms with Crippen LogP contribution < -0.4 is 20.7 Å². The van der Waals surface area contributed by atoms with Crippen LogP contribution in [0.5, 0.6) is 6.01 Å². The standard InChI is InChI=1S/C23H23F4N7O3S2.C7H12FN/c1-23(26,27)9-34-17(12-5-6-13(24)18-15(12)30-21(28)38-18)14(25)16-19(39(34,35)36)20(32-22(31-16)37-2)33-7-10-3-4-11(8-33)29-10;8-6-4-7-2-1-3-9(7)5-6/h5-6,10-11,29H,3-4,7-9H2,1-2H3,(H2,28,30);6-7H,1-5H2. The van der Waals surface area contributed by atoms with E-state index in [1.807, 2.05) is 0 Å². The van der Waals surface area contributed by atoms with E-state index in [2.05, 4.69) is 25.2 Å². The van der Waals surface area contributed by atoms with Gasteiger partial charge in [0.15, 0.2) is 21.7 Å². The van der Waals surface area contributed by atoms with Gasteiger partial charge >= 0.3 is 6.01 Å². The molecule has 4 fully saturated rings. The van der Waals surface area contributed by atoms with Crippen LogP contribution in [0.25, 0.3) is 21.7 Å². The quantitative estimate of drug-likeness (QED) is 0.367. The van der Waals surface area contributed by atoms with E-state index < -0.39 is 56.6 Å². The van der Waals surface area contributed by atoms with Gasteiger partial charge in [0, 0.05) is 50.2 Å². The van der Waals surface area contributed by atoms with Crippen molar-refractivity contribution in [1.29, 1.82) is 0 Å². The third-order valence-electron chi connectivity index (χ3n) is 9.39. The van der Waals surface area contributed by atoms with Gasteiger partial charge in [0.1, 0.15) is 17.7 Å². The lowest BCUT2D eigenvalue weighted by molar-refractivity contribution is 0.0125. The molecule has 2 bridgehead atoms. The van der Waals surface area contributed by atoms with E-state index in [0.717, 1.165) is 49.3 Å². The van der Waals surface area contributed by atoms with E-state index in [1.54, 1.807) is 4.90 Å². The Kier molecular flexibility index (Phi) is 8.43. The van der Waals surface area contributed by atoms with Gasteiger partial charge in [0.25, 0.3) is 15.9 Å². The van der Waals surface area contributed by atoms with E-state index >= 15 is 4.39 Å². The molecule has 11 nitrogen and oxygen atoms in total. The van der Waals surface area contributed by atoms with Crippen molar-refractivity contribution in [2.24, 2.45) is 0 Å². The number of anilines is 2. The Labute approximate surface area is 278 Å². The molecule has 4 saturated heterocycles. The van der Waals surface area contributed by atoms with Crippen molar-refractivity contribution >= 4 is 54.1 Å². The number of hydrogen-bond acceptors (Lipinski definition) is 11. The summed E-state index contributed by atoms with van der Waals surface area (Å²) in [6.45, 7) is 1.73. The number of nitrogen functional groups attached to an aromatic ring is 1. The molecule has 0 amide bonds. The summed E-state index contributed by atoms with van der Waals surface area (Å²) in [4.78, 5) is 15.6. The molecule has 0 spiro atoms. The van der Waals surface area contributed by atoms with Gasteiger partial charge in [0.2, 0.25) is 0 Å². The lowest BCUT2D eigenvalue weighted by Crippen LogP contribution is -2.52. The zero-order valence-corrected chi connectivity index (χ0v) is 27.9. The van der Waals surface area contributed by atoms with Crippen LogP contribution in [0.4, 0.5) is 32.9 Å². The Morgan fingerprint density at radius 1 is 1.10 bits per heavy atom. The van der Waals surface area contributed by atoms with Crippen molar-refractivity contribution in [2.75, 3.05) is 50.5 Å². The van der Waals surface area contributed by atoms with Crippen LogP contribution in [0.1, 0.15) is 50.3 Å². The number of methoxy groups -OCH3 is 1. The molecular formula is C30H35F5N8O3S2. The van der Waals surface area contributed by atoms with Crippen molar-refractivity contribution in [3.05, 3.63) is 29.2 Å². The van der Waals surface area contributed by atoms with Crippen molar-refractivity contribution in [1.82, 2.24) is 29.5 Å². The molecule has 7 heterocycles. The maximum atomic E-state index is 16.6. The molecule has 3 N–H and O–H groups in total. The van der Waals surface area contributed by atoms with Crippen LogP contribution in [0, 0.1) is 5.82 Å². The topological polar surface area (TPSA) is 130 Å². The summed E-state index contributed by atoms with van der Waals surface area (Å²) in [5, 5.41) is 3.35. The smallest absolute Gasteiger partial charge is 0.318 e. The highest BCUT2D eigenvalue weighted by Gasteiger charge is 2.47. The molecule has 4 atom stereocenters. The first-order chi connectivity index (χ1) is 22.7. The van der Waals surface area contributed by atoms with Crippen molar-refractivity contribution in [2.45, 2.75) is 74.1 Å². The molecule has 0 saturated carbocycles. The number of halogens is 5. The first kappa shape index (κ1) is 33.2. The molecule has 18 heteroatoms. The monoisotopic (exact) mass is 714 g/mol. The number of nitrogens with zero attached hydrogens (tertiary/aromatic N) is 6. The van der Waals surface area contributed by atoms with Gasteiger partial charge in [-0.2, -0.15) is 9.97 Å². The Balaban J connectivity index is 0.000000347. The number of piperazine rings is 1. The number of thiazole rings is 1. The molecule has 5 aliphatic rings. The van der Waals surface area contributed by atoms with Crippen LogP contribution in [-0.4, -0.2) is 103 Å². The number of fused-ring (bicyclic) bond motifs is 5. The molecule has 260 valence electrons. The molecule has 3 aromatic rings. The molecular weight excluding hydrogens is 680 g/mol. The molecule has 48 heavy (non-hydrogen) atoms. The molecule has 0 aliphatic carbocycles. The second-order valence-electron chi connectivity index (χ2n) is 12.9. The first-order valence-electron chi connectivity index (χ1n) is 15.7. The average molecular weight is 715 g/mol. The Bertz CT molecular complexity index is 1860. The Morgan fingerprint density at radius 2 is 1.83 bits per heavy atom. The van der Waals surface area contributed by atoms with Gasteiger partial charge < -0.3 is 20.7 Å². The summed E-state index contributed by atoms with van der Waals surface area (Å²) in [6.07, 6.45) is 4.54. The zero-order chi connectivity index (χ0) is 34.1. The largest absolute Gasteiger partial charge is 0.467 e. The molecule has 8 rings (SSSR count). The maximum absolute atomic E-state index is 16.6. The maximum Gasteiger partial charge on any atom is 0.318 e. The summed E-state index contributed by atoms with van der Waals surface area (Å²) in [5.41, 5.74) is 3.99. The normalized spacial score (nSPS) is 26.5. The van der Waals surface area contributed by atoms with Crippen molar-refractivity contribution in [3.63, 3.8) is 0 Å². The van der Waals surface area contributed by atoms with Gasteiger partial charge in [-0.1, -0.05) is 11.3 Å². The van der Waals surface area contributed by atoms with Crippen LogP contribution in [-0.2, 0) is 10.0 Å². The zero-order valence-electron chi connectivity index (χ0n) is 26.2. The number of nitrogens with one attached hydrogen (secondary N) is 1. The van der Waals surface area contributed by atoms with E-state index in [-0.39, 0.29) is 44.8 Å². The number of rotatable bonds is 5. The highest BCUT2D eigenvalue weighted by molar-refractivity contribution is 7.89. The Morgan fingerprint density at radius 3 is 2.50 bits per heavy atom. The van der Waals surface area contributed by atoms with Crippen molar-refractivity contribution in [3.8, 4) is 6.01 Å². The van der Waals surface area contributed by atoms with Gasteiger partial charge in [-0.25, -0.2) is 35.4 Å². The van der Waals surface area contributed by atoms with E-state index in [1.165, 1.54) is 20.0 Å². The number of nitrogens with two attached hydrogens (primary N) is 1. The lowest BCUT2D eigenvalue weighted by atomic mass is 10.1. The van der Waals surface area contributed by atoms with Crippen LogP contribution in [0.15, 0.2) is 17.0 Å². The minimum atomic E-state index is -4.87. The summed E-state index contributed by atoms with van der Waals surface area (Å²) < 4.78 is 106. The predicted molar refractivity (Wildman–Crippen MR) is 171 cm³/mol. The highest BCUT2D eigenvalue weighted by atomic mass is 32.2. The van der Waals surface area contributed by atoms with Gasteiger partial charge in [-0.15, -0.1) is 0 Å². The first-order valence-corrected chi connectivity index (χ1v) is 18.0. The number of alkyl halides is 3. The van der Waals surface area contributed by atoms with E-state index in [0.29, 0.717) is 36.9 Å². The molecule has 4 unspecified atom stereocenters. The molecule has 1 aromatic carbocycles. The highest BCUT2D eigenvalue weighted by Crippen LogP contribution is 2.48. The predicted octanol–water partition coefficient (Wildman–Crippen LogP) is 4.40. The van der Waals surface area contributed by atoms with Crippen LogP contribution in [0.3, 0.4) is 0 Å². The van der Waals surface area contributed by atoms with Gasteiger partial charge in [-0.3, -0.25) is 9.21 Å². The molecule has 0 radical (unpaired) electrons. The fourth-order valence-corrected chi connectivity index (χ4v) is 10.00. The van der Waals surface area contributed by atoms with Gasteiger partial charge in [-0.05, 0) is 50.8 Å². The SMILES string of the molecule is COc1nc2c(c(N3CC4CCC(C3)N4)n1)S(=O)(=O)N(CC(C)(F)F)C(c1ccc(F)c3sc(N)nc13)=C2F.FC1CC2CCCN2C1. The number of sulfonamides is 1. The summed E-state index contributed by atoms with van der Waals surface area (Å²) in [6, 6.07) is 2.49. The Hall–Kier alpha value is -3.35. The van der Waals surface area contributed by atoms with Crippen molar-refractivity contribution < 1.29 is 35.1 Å². The van der Waals surface area contributed by atoms with Crippen LogP contribution >= 0.6 is 11.3 Å². The minimum absolute atomic E-state index is 0.0568. The number of benzene rings is 1. The number of aromatic nitrogens is 3. The minimum Gasteiger partial charge on any atom is -0.467 e. The summed E-state index contributed by atoms with van der Waals surface area (Å²) >= 11 is 0.764. The number of ether oxygens (including phenoxy) is 1. The molecule has 5 aliphatic heterocycles. The van der Waals surface area contributed by atoms with Crippen LogP contribution in [0.2, 0.25) is 0 Å². The number of hydrogen-bond donors (Lipinski definition) is 2. The fourth-order valence-electron chi connectivity index (χ4n) is 7.41. The second-order valence-corrected chi connectivity index (χ2v) is 15.8. The third kappa shape index (κ3) is 5.94. The average Bonchev–Trinajstić information content (AvgIpc) is 3.80. The summed E-state index contributed by atoms with van der Waals surface area (Å²) in [7, 11) is -3.63. The third-order valence-corrected chi connectivity index (χ3v) is 12.1. The summed E-state index contributed by atoms with van der Waals surface area (Å²) in [5.74, 6) is -5.65. The lowest BCUT2D eigenvalue weighted by Gasteiger charge is -2.38. The van der Waals surface area contributed by atoms with Gasteiger partial charge in [0.05, 0.1) is 29.6 Å². The van der Waals surface area contributed by atoms with E-state index in [4.69, 9.17) is 10.5 Å². The fraction of sp³-hybridized carbons (Fsp3) is 0.567.